The second-order valence-corrected chi connectivity index (χ2v) is 6.55. The molecule has 21 heavy (non-hydrogen) atoms. The van der Waals surface area contributed by atoms with Gasteiger partial charge in [0.2, 0.25) is 0 Å². The minimum absolute atomic E-state index is 0.0761. The molecule has 0 saturated carbocycles. The number of aromatic nitrogens is 2. The highest BCUT2D eigenvalue weighted by Gasteiger charge is 2.14. The minimum Gasteiger partial charge on any atom is -0.322 e. The van der Waals surface area contributed by atoms with E-state index in [2.05, 4.69) is 36.5 Å². The average molecular weight is 353 g/mol. The smallest absolute Gasteiger partial charge is 0.170 e. The Morgan fingerprint density at radius 3 is 2.52 bits per heavy atom. The molecule has 0 saturated heterocycles. The zero-order chi connectivity index (χ0) is 15.5. The summed E-state index contributed by atoms with van der Waals surface area (Å²) in [5.41, 5.74) is 0.488. The zero-order valence-electron chi connectivity index (χ0n) is 12.2. The standard InChI is InChI=1S/C15H18BrFN4/c1-15(2,3)20-9-10-6-8-19-14(12(10)17)21-13-11(16)5-4-7-18-13/h4-8,20H,9H2,1-3H3,(H,18,19,21). The van der Waals surface area contributed by atoms with Crippen molar-refractivity contribution in [3.63, 3.8) is 0 Å². The number of pyridine rings is 2. The van der Waals surface area contributed by atoms with Gasteiger partial charge in [-0.2, -0.15) is 0 Å². The van der Waals surface area contributed by atoms with E-state index in [1.54, 1.807) is 24.5 Å². The Balaban J connectivity index is 2.20. The van der Waals surface area contributed by atoms with Crippen LogP contribution in [0.1, 0.15) is 26.3 Å². The lowest BCUT2D eigenvalue weighted by Crippen LogP contribution is -2.35. The zero-order valence-corrected chi connectivity index (χ0v) is 13.8. The highest BCUT2D eigenvalue weighted by molar-refractivity contribution is 9.10. The van der Waals surface area contributed by atoms with Gasteiger partial charge < -0.3 is 10.6 Å². The number of anilines is 2. The molecule has 2 aromatic rings. The van der Waals surface area contributed by atoms with Crippen molar-refractivity contribution >= 4 is 27.6 Å². The number of hydrogen-bond donors (Lipinski definition) is 2. The monoisotopic (exact) mass is 352 g/mol. The summed E-state index contributed by atoms with van der Waals surface area (Å²) >= 11 is 3.37. The molecule has 0 aliphatic heterocycles. The minimum atomic E-state index is -0.369. The normalized spacial score (nSPS) is 11.5. The Bertz CT molecular complexity index is 625. The van der Waals surface area contributed by atoms with Crippen molar-refractivity contribution in [1.82, 2.24) is 15.3 Å². The van der Waals surface area contributed by atoms with Crippen molar-refractivity contribution in [2.45, 2.75) is 32.9 Å². The first-order valence-corrected chi connectivity index (χ1v) is 7.42. The van der Waals surface area contributed by atoms with Gasteiger partial charge in [-0.25, -0.2) is 14.4 Å². The fraction of sp³-hybridized carbons (Fsp3) is 0.333. The van der Waals surface area contributed by atoms with Crippen LogP contribution in [-0.2, 0) is 6.54 Å². The van der Waals surface area contributed by atoms with E-state index in [-0.39, 0.29) is 17.2 Å². The Kier molecular flexibility index (Phi) is 4.90. The molecule has 0 unspecified atom stereocenters. The van der Waals surface area contributed by atoms with Gasteiger partial charge in [0.25, 0.3) is 0 Å². The predicted octanol–water partition coefficient (Wildman–Crippen LogP) is 4.01. The fourth-order valence-corrected chi connectivity index (χ4v) is 2.01. The first-order chi connectivity index (χ1) is 9.87. The molecule has 2 rings (SSSR count). The molecule has 4 nitrogen and oxygen atoms in total. The molecule has 0 atom stereocenters. The van der Waals surface area contributed by atoms with E-state index in [4.69, 9.17) is 0 Å². The number of rotatable bonds is 4. The summed E-state index contributed by atoms with van der Waals surface area (Å²) in [6.07, 6.45) is 3.22. The van der Waals surface area contributed by atoms with Crippen molar-refractivity contribution < 1.29 is 4.39 Å². The molecular formula is C15H18BrFN4. The summed E-state index contributed by atoms with van der Waals surface area (Å²) in [4.78, 5) is 8.19. The third kappa shape index (κ3) is 4.47. The lowest BCUT2D eigenvalue weighted by atomic mass is 10.1. The third-order valence-electron chi connectivity index (χ3n) is 2.77. The molecule has 6 heteroatoms. The van der Waals surface area contributed by atoms with E-state index in [0.717, 1.165) is 4.47 Å². The maximum atomic E-state index is 14.5. The number of nitrogens with one attached hydrogen (secondary N) is 2. The molecule has 0 fully saturated rings. The van der Waals surface area contributed by atoms with Crippen LogP contribution in [0.2, 0.25) is 0 Å². The van der Waals surface area contributed by atoms with Crippen molar-refractivity contribution in [2.24, 2.45) is 0 Å². The second kappa shape index (κ2) is 6.49. The van der Waals surface area contributed by atoms with Crippen LogP contribution in [0.5, 0.6) is 0 Å². The van der Waals surface area contributed by atoms with Gasteiger partial charge in [0.1, 0.15) is 5.82 Å². The lowest BCUT2D eigenvalue weighted by Gasteiger charge is -2.21. The lowest BCUT2D eigenvalue weighted by molar-refractivity contribution is 0.418. The van der Waals surface area contributed by atoms with Crippen LogP contribution in [0.25, 0.3) is 0 Å². The van der Waals surface area contributed by atoms with Gasteiger partial charge in [0, 0.05) is 30.0 Å². The van der Waals surface area contributed by atoms with E-state index in [0.29, 0.717) is 17.9 Å². The van der Waals surface area contributed by atoms with Crippen LogP contribution in [0.15, 0.2) is 35.1 Å². The van der Waals surface area contributed by atoms with Gasteiger partial charge in [-0.3, -0.25) is 0 Å². The largest absolute Gasteiger partial charge is 0.322 e. The molecule has 0 radical (unpaired) electrons. The van der Waals surface area contributed by atoms with E-state index in [1.807, 2.05) is 26.8 Å². The first-order valence-electron chi connectivity index (χ1n) is 6.63. The Morgan fingerprint density at radius 1 is 1.14 bits per heavy atom. The molecule has 0 aliphatic rings. The van der Waals surface area contributed by atoms with Crippen LogP contribution in [-0.4, -0.2) is 15.5 Å². The fourth-order valence-electron chi connectivity index (χ4n) is 1.66. The highest BCUT2D eigenvalue weighted by atomic mass is 79.9. The van der Waals surface area contributed by atoms with E-state index in [1.165, 1.54) is 0 Å². The molecule has 0 bridgehead atoms. The molecule has 0 spiro atoms. The molecule has 0 amide bonds. The van der Waals surface area contributed by atoms with Crippen molar-refractivity contribution in [3.05, 3.63) is 46.4 Å². The third-order valence-corrected chi connectivity index (χ3v) is 3.41. The van der Waals surface area contributed by atoms with Crippen LogP contribution in [0.4, 0.5) is 16.0 Å². The maximum absolute atomic E-state index is 14.5. The van der Waals surface area contributed by atoms with Crippen molar-refractivity contribution in [2.75, 3.05) is 5.32 Å². The molecule has 2 N–H and O–H groups in total. The van der Waals surface area contributed by atoms with Gasteiger partial charge >= 0.3 is 0 Å². The van der Waals surface area contributed by atoms with Crippen molar-refractivity contribution in [1.29, 1.82) is 0 Å². The van der Waals surface area contributed by atoms with E-state index < -0.39 is 0 Å². The van der Waals surface area contributed by atoms with Crippen LogP contribution in [0, 0.1) is 5.82 Å². The summed E-state index contributed by atoms with van der Waals surface area (Å²) in [5, 5.41) is 6.17. The van der Waals surface area contributed by atoms with Gasteiger partial charge in [-0.15, -0.1) is 0 Å². The van der Waals surface area contributed by atoms with Gasteiger partial charge in [0.15, 0.2) is 11.6 Å². The summed E-state index contributed by atoms with van der Waals surface area (Å²) < 4.78 is 15.2. The maximum Gasteiger partial charge on any atom is 0.170 e. The molecule has 0 aromatic carbocycles. The highest BCUT2D eigenvalue weighted by Crippen LogP contribution is 2.24. The molecular weight excluding hydrogens is 335 g/mol. The first kappa shape index (κ1) is 15.9. The number of hydrogen-bond acceptors (Lipinski definition) is 4. The number of halogens is 2. The van der Waals surface area contributed by atoms with Gasteiger partial charge in [-0.05, 0) is 54.9 Å². The quantitative estimate of drug-likeness (QED) is 0.872. The van der Waals surface area contributed by atoms with E-state index >= 15 is 0 Å². The molecule has 0 aliphatic carbocycles. The SMILES string of the molecule is CC(C)(C)NCc1ccnc(Nc2ncccc2Br)c1F. The Morgan fingerprint density at radius 2 is 1.86 bits per heavy atom. The summed E-state index contributed by atoms with van der Waals surface area (Å²) in [5.74, 6) is 0.333. The van der Waals surface area contributed by atoms with Crippen molar-refractivity contribution in [3.8, 4) is 0 Å². The Labute approximate surface area is 132 Å². The van der Waals surface area contributed by atoms with E-state index in [9.17, 15) is 4.39 Å². The summed E-state index contributed by atoms with van der Waals surface area (Å²) in [6, 6.07) is 5.30. The van der Waals surface area contributed by atoms with Crippen LogP contribution < -0.4 is 10.6 Å². The summed E-state index contributed by atoms with van der Waals surface area (Å²) in [7, 11) is 0. The summed E-state index contributed by atoms with van der Waals surface area (Å²) in [6.45, 7) is 6.55. The topological polar surface area (TPSA) is 49.8 Å². The molecule has 112 valence electrons. The average Bonchev–Trinajstić information content (AvgIpc) is 2.41. The van der Waals surface area contributed by atoms with Crippen LogP contribution >= 0.6 is 15.9 Å². The second-order valence-electron chi connectivity index (χ2n) is 5.70. The Hall–Kier alpha value is -1.53. The predicted molar refractivity (Wildman–Crippen MR) is 86.0 cm³/mol. The number of nitrogens with zero attached hydrogens (tertiary/aromatic N) is 2. The van der Waals surface area contributed by atoms with Gasteiger partial charge in [0.05, 0.1) is 4.47 Å². The van der Waals surface area contributed by atoms with Crippen LogP contribution in [0.3, 0.4) is 0 Å². The molecule has 2 heterocycles. The van der Waals surface area contributed by atoms with Gasteiger partial charge in [-0.1, -0.05) is 0 Å². The molecule has 2 aromatic heterocycles.